The molecule has 3 atom stereocenters. The maximum absolute atomic E-state index is 12.9. The Morgan fingerprint density at radius 2 is 1.51 bits per heavy atom. The van der Waals surface area contributed by atoms with E-state index in [0.29, 0.717) is 24.3 Å². The molecule has 5 rings (SSSR count). The van der Waals surface area contributed by atoms with Gasteiger partial charge in [0.15, 0.2) is 0 Å². The maximum Gasteiger partial charge on any atom is 0.316 e. The summed E-state index contributed by atoms with van der Waals surface area (Å²) in [6, 6.07) is 12.3. The van der Waals surface area contributed by atoms with Crippen LogP contribution in [0, 0.1) is 31.6 Å². The fourth-order valence-corrected chi connectivity index (χ4v) is 5.38. The van der Waals surface area contributed by atoms with Gasteiger partial charge < -0.3 is 9.64 Å². The molecule has 0 spiro atoms. The van der Waals surface area contributed by atoms with Crippen molar-refractivity contribution in [3.05, 3.63) is 65.2 Å². The van der Waals surface area contributed by atoms with E-state index in [4.69, 9.17) is 4.74 Å². The smallest absolute Gasteiger partial charge is 0.316 e. The second-order valence-electron chi connectivity index (χ2n) is 9.88. The van der Waals surface area contributed by atoms with Crippen molar-refractivity contribution in [1.82, 2.24) is 0 Å². The second kappa shape index (κ2) is 8.80. The minimum Gasteiger partial charge on any atom is -0.426 e. The number of carbonyl (C=O) groups is 4. The van der Waals surface area contributed by atoms with Crippen LogP contribution < -0.4 is 14.5 Å². The van der Waals surface area contributed by atoms with E-state index in [9.17, 15) is 19.2 Å². The van der Waals surface area contributed by atoms with E-state index in [1.54, 1.807) is 29.2 Å². The third kappa shape index (κ3) is 4.27. The van der Waals surface area contributed by atoms with Gasteiger partial charge in [-0.25, -0.2) is 0 Å². The highest BCUT2D eigenvalue weighted by atomic mass is 16.5. The molecule has 0 radical (unpaired) electrons. The Hall–Kier alpha value is -3.74. The molecule has 2 heterocycles. The van der Waals surface area contributed by atoms with Crippen molar-refractivity contribution in [2.24, 2.45) is 17.8 Å². The standard InChI is InChI=1S/C28H28N2O5/c1-16-4-9-23-24(13-16)27(33)30(26(23)32)20-5-7-22(8-6-20)35-28(34)19-14-25(31)29(15-19)21-11-17(2)10-18(3)12-21/h4-8,10-12,19,23-24H,9,13-15H2,1-3H3/t19-,23-,24-/m0/s1. The monoisotopic (exact) mass is 472 g/mol. The number of aryl methyl sites for hydroxylation is 2. The number of ether oxygens (including phenoxy) is 1. The van der Waals surface area contributed by atoms with Crippen molar-refractivity contribution >= 4 is 35.1 Å². The van der Waals surface area contributed by atoms with Crippen molar-refractivity contribution < 1.29 is 23.9 Å². The molecule has 0 aromatic heterocycles. The highest BCUT2D eigenvalue weighted by Gasteiger charge is 2.48. The fraction of sp³-hybridized carbons (Fsp3) is 0.357. The highest BCUT2D eigenvalue weighted by molar-refractivity contribution is 6.22. The van der Waals surface area contributed by atoms with E-state index in [-0.39, 0.29) is 42.5 Å². The van der Waals surface area contributed by atoms with Gasteiger partial charge >= 0.3 is 5.97 Å². The lowest BCUT2D eigenvalue weighted by atomic mass is 9.82. The quantitative estimate of drug-likeness (QED) is 0.289. The fourth-order valence-electron chi connectivity index (χ4n) is 5.38. The summed E-state index contributed by atoms with van der Waals surface area (Å²) in [6.45, 7) is 6.20. The Morgan fingerprint density at radius 1 is 0.857 bits per heavy atom. The number of carbonyl (C=O) groups excluding carboxylic acids is 4. The lowest BCUT2D eigenvalue weighted by molar-refractivity contribution is -0.139. The minimum atomic E-state index is -0.566. The highest BCUT2D eigenvalue weighted by Crippen LogP contribution is 2.40. The number of allylic oxidation sites excluding steroid dienone is 2. The van der Waals surface area contributed by atoms with E-state index in [2.05, 4.69) is 0 Å². The predicted octanol–water partition coefficient (Wildman–Crippen LogP) is 4.11. The first-order chi connectivity index (χ1) is 16.7. The molecule has 7 nitrogen and oxygen atoms in total. The summed E-state index contributed by atoms with van der Waals surface area (Å²) in [5.74, 6) is -1.79. The van der Waals surface area contributed by atoms with Crippen LogP contribution in [0.5, 0.6) is 5.75 Å². The number of hydrogen-bond donors (Lipinski definition) is 0. The van der Waals surface area contributed by atoms with Crippen molar-refractivity contribution in [1.29, 1.82) is 0 Å². The number of anilines is 2. The molecule has 2 fully saturated rings. The van der Waals surface area contributed by atoms with Gasteiger partial charge in [0.2, 0.25) is 17.7 Å². The molecule has 2 aliphatic heterocycles. The topological polar surface area (TPSA) is 84.0 Å². The van der Waals surface area contributed by atoms with Crippen LogP contribution in [-0.2, 0) is 19.2 Å². The Bertz CT molecular complexity index is 1240. The third-order valence-corrected chi connectivity index (χ3v) is 7.11. The predicted molar refractivity (Wildman–Crippen MR) is 131 cm³/mol. The molecule has 0 saturated carbocycles. The van der Waals surface area contributed by atoms with E-state index in [1.807, 2.05) is 45.0 Å². The molecular weight excluding hydrogens is 444 g/mol. The number of esters is 1. The van der Waals surface area contributed by atoms with Gasteiger partial charge in [0.05, 0.1) is 23.4 Å². The average molecular weight is 473 g/mol. The Balaban J connectivity index is 1.25. The zero-order chi connectivity index (χ0) is 24.9. The second-order valence-corrected chi connectivity index (χ2v) is 9.88. The molecule has 35 heavy (non-hydrogen) atoms. The van der Waals surface area contributed by atoms with E-state index in [1.165, 1.54) is 4.90 Å². The van der Waals surface area contributed by atoms with E-state index in [0.717, 1.165) is 22.4 Å². The number of imide groups is 1. The molecule has 0 unspecified atom stereocenters. The first kappa shape index (κ1) is 23.0. The van der Waals surface area contributed by atoms with Crippen molar-refractivity contribution in [2.75, 3.05) is 16.3 Å². The van der Waals surface area contributed by atoms with Gasteiger partial charge in [-0.15, -0.1) is 0 Å². The van der Waals surface area contributed by atoms with Gasteiger partial charge in [-0.1, -0.05) is 17.7 Å². The summed E-state index contributed by atoms with van der Waals surface area (Å²) >= 11 is 0. The van der Waals surface area contributed by atoms with Gasteiger partial charge in [0.1, 0.15) is 5.75 Å². The van der Waals surface area contributed by atoms with Crippen LogP contribution in [0.2, 0.25) is 0 Å². The molecule has 7 heteroatoms. The summed E-state index contributed by atoms with van der Waals surface area (Å²) in [6.07, 6.45) is 3.33. The van der Waals surface area contributed by atoms with Crippen LogP contribution >= 0.6 is 0 Å². The third-order valence-electron chi connectivity index (χ3n) is 7.11. The minimum absolute atomic E-state index is 0.0942. The Morgan fingerprint density at radius 3 is 2.20 bits per heavy atom. The SMILES string of the molecule is CC1=CC[C@@H]2C(=O)N(c3ccc(OC(=O)[C@H]4CC(=O)N(c5cc(C)cc(C)c5)C4)cc3)C(=O)[C@H]2C1. The van der Waals surface area contributed by atoms with Gasteiger partial charge in [-0.2, -0.15) is 0 Å². The zero-order valence-corrected chi connectivity index (χ0v) is 20.1. The van der Waals surface area contributed by atoms with E-state index < -0.39 is 11.9 Å². The number of amides is 3. The van der Waals surface area contributed by atoms with Gasteiger partial charge in [-0.3, -0.25) is 24.1 Å². The molecule has 2 aromatic carbocycles. The molecule has 1 aliphatic carbocycles. The first-order valence-corrected chi connectivity index (χ1v) is 11.9. The first-order valence-electron chi connectivity index (χ1n) is 11.9. The largest absolute Gasteiger partial charge is 0.426 e. The summed E-state index contributed by atoms with van der Waals surface area (Å²) in [5.41, 5.74) is 4.51. The molecule has 3 aliphatic rings. The maximum atomic E-state index is 12.9. The number of fused-ring (bicyclic) bond motifs is 1. The number of nitrogens with zero attached hydrogens (tertiary/aromatic N) is 2. The van der Waals surface area contributed by atoms with Crippen LogP contribution in [0.25, 0.3) is 0 Å². The van der Waals surface area contributed by atoms with Crippen LogP contribution in [0.4, 0.5) is 11.4 Å². The van der Waals surface area contributed by atoms with Gasteiger partial charge in [-0.05, 0) is 81.1 Å². The van der Waals surface area contributed by atoms with Gasteiger partial charge in [0, 0.05) is 18.7 Å². The molecule has 3 amide bonds. The van der Waals surface area contributed by atoms with Crippen molar-refractivity contribution in [3.63, 3.8) is 0 Å². The molecular formula is C28H28N2O5. The summed E-state index contributed by atoms with van der Waals surface area (Å²) in [4.78, 5) is 54.0. The normalized spacial score (nSPS) is 24.0. The van der Waals surface area contributed by atoms with Gasteiger partial charge in [0.25, 0.3) is 0 Å². The zero-order valence-electron chi connectivity index (χ0n) is 20.1. The number of benzene rings is 2. The Labute approximate surface area is 204 Å². The number of rotatable bonds is 4. The van der Waals surface area contributed by atoms with Crippen molar-refractivity contribution in [2.45, 2.75) is 40.0 Å². The van der Waals surface area contributed by atoms with Crippen LogP contribution in [-0.4, -0.2) is 30.2 Å². The van der Waals surface area contributed by atoms with Crippen molar-refractivity contribution in [3.8, 4) is 5.75 Å². The lowest BCUT2D eigenvalue weighted by Gasteiger charge is -2.18. The summed E-state index contributed by atoms with van der Waals surface area (Å²) in [7, 11) is 0. The molecule has 0 bridgehead atoms. The summed E-state index contributed by atoms with van der Waals surface area (Å²) < 4.78 is 5.54. The molecule has 2 saturated heterocycles. The van der Waals surface area contributed by atoms with Crippen LogP contribution in [0.3, 0.4) is 0 Å². The number of hydrogen-bond acceptors (Lipinski definition) is 5. The molecule has 180 valence electrons. The average Bonchev–Trinajstić information content (AvgIpc) is 3.31. The van der Waals surface area contributed by atoms with Crippen LogP contribution in [0.15, 0.2) is 54.1 Å². The lowest BCUT2D eigenvalue weighted by Crippen LogP contribution is -2.30. The molecule has 2 aromatic rings. The van der Waals surface area contributed by atoms with Crippen LogP contribution in [0.1, 0.15) is 37.3 Å². The molecule has 0 N–H and O–H groups in total. The summed E-state index contributed by atoms with van der Waals surface area (Å²) in [5, 5.41) is 0. The Kier molecular flexibility index (Phi) is 5.79. The van der Waals surface area contributed by atoms with E-state index >= 15 is 0 Å².